The first-order chi connectivity index (χ1) is 12.1. The topological polar surface area (TPSA) is 68.3 Å². The van der Waals surface area contributed by atoms with Gasteiger partial charge in [-0.3, -0.25) is 4.72 Å². The number of aromatic nitrogens is 1. The van der Waals surface area contributed by atoms with Gasteiger partial charge in [-0.1, -0.05) is 0 Å². The predicted molar refractivity (Wildman–Crippen MR) is 74.9 cm³/mol. The van der Waals surface area contributed by atoms with Gasteiger partial charge in [0.15, 0.2) is 22.3 Å². The molecule has 0 spiro atoms. The molecule has 5 nitrogen and oxygen atoms in total. The molecule has 3 rings (SSSR count). The maximum absolute atomic E-state index is 14.1. The number of halogens is 6. The van der Waals surface area contributed by atoms with Crippen LogP contribution < -0.4 is 9.46 Å². The Kier molecular flexibility index (Phi) is 4.46. The van der Waals surface area contributed by atoms with Gasteiger partial charge in [-0.15, -0.1) is 0 Å². The standard InChI is InChI=1S/C14H8F6N2O3S/c15-7-4-3-6(14(20)21-7)22-26(23,24)13-11(19)9(17)8(16)10(18)12(13)25-5-1-2-5/h3-5,22H,1-2H2. The van der Waals surface area contributed by atoms with Crippen molar-refractivity contribution < 1.29 is 39.5 Å². The third kappa shape index (κ3) is 3.28. The van der Waals surface area contributed by atoms with Gasteiger partial charge in [0.05, 0.1) is 6.10 Å². The number of benzene rings is 1. The highest BCUT2D eigenvalue weighted by molar-refractivity contribution is 7.92. The zero-order chi connectivity index (χ0) is 19.2. The van der Waals surface area contributed by atoms with E-state index in [1.165, 1.54) is 4.72 Å². The Hall–Kier alpha value is -2.50. The Bertz CT molecular complexity index is 995. The summed E-state index contributed by atoms with van der Waals surface area (Å²) in [6.45, 7) is 0. The van der Waals surface area contributed by atoms with Gasteiger partial charge in [-0.2, -0.15) is 18.2 Å². The molecule has 1 saturated carbocycles. The number of nitrogens with one attached hydrogen (secondary N) is 1. The van der Waals surface area contributed by atoms with E-state index in [4.69, 9.17) is 4.74 Å². The first kappa shape index (κ1) is 18.3. The third-order valence-corrected chi connectivity index (χ3v) is 4.71. The normalized spacial score (nSPS) is 14.4. The van der Waals surface area contributed by atoms with Gasteiger partial charge in [-0.05, 0) is 25.0 Å². The zero-order valence-corrected chi connectivity index (χ0v) is 13.3. The van der Waals surface area contributed by atoms with E-state index < -0.39 is 67.6 Å². The van der Waals surface area contributed by atoms with Crippen LogP contribution in [0.4, 0.5) is 32.0 Å². The van der Waals surface area contributed by atoms with E-state index in [0.29, 0.717) is 25.0 Å². The molecule has 0 atom stereocenters. The van der Waals surface area contributed by atoms with Crippen LogP contribution in [0.1, 0.15) is 12.8 Å². The van der Waals surface area contributed by atoms with Crippen molar-refractivity contribution in [3.63, 3.8) is 0 Å². The van der Waals surface area contributed by atoms with Crippen molar-refractivity contribution in [2.24, 2.45) is 0 Å². The van der Waals surface area contributed by atoms with Crippen LogP contribution in [0.2, 0.25) is 0 Å². The number of sulfonamides is 1. The van der Waals surface area contributed by atoms with Crippen LogP contribution in [0.25, 0.3) is 0 Å². The maximum Gasteiger partial charge on any atom is 0.268 e. The lowest BCUT2D eigenvalue weighted by Gasteiger charge is -2.15. The Balaban J connectivity index is 2.14. The van der Waals surface area contributed by atoms with Crippen molar-refractivity contribution >= 4 is 15.7 Å². The van der Waals surface area contributed by atoms with Crippen molar-refractivity contribution in [3.05, 3.63) is 47.3 Å². The minimum absolute atomic E-state index is 0.365. The van der Waals surface area contributed by atoms with Gasteiger partial charge in [0, 0.05) is 0 Å². The second-order valence-corrected chi connectivity index (χ2v) is 6.93. The molecule has 0 aliphatic heterocycles. The molecule has 1 aromatic carbocycles. The van der Waals surface area contributed by atoms with Crippen molar-refractivity contribution in [1.29, 1.82) is 0 Å². The first-order valence-corrected chi connectivity index (χ1v) is 8.47. The van der Waals surface area contributed by atoms with Gasteiger partial charge in [0.1, 0.15) is 5.69 Å². The van der Waals surface area contributed by atoms with Gasteiger partial charge in [0.2, 0.25) is 23.5 Å². The summed E-state index contributed by atoms with van der Waals surface area (Å²) in [7, 11) is -5.19. The number of hydrogen-bond acceptors (Lipinski definition) is 4. The fourth-order valence-corrected chi connectivity index (χ4v) is 3.22. The van der Waals surface area contributed by atoms with Crippen LogP contribution in [0.5, 0.6) is 5.75 Å². The van der Waals surface area contributed by atoms with Crippen LogP contribution in [-0.2, 0) is 10.0 Å². The first-order valence-electron chi connectivity index (χ1n) is 6.99. The van der Waals surface area contributed by atoms with E-state index in [2.05, 4.69) is 4.98 Å². The lowest BCUT2D eigenvalue weighted by molar-refractivity contribution is 0.262. The molecule has 1 aliphatic carbocycles. The SMILES string of the molecule is O=S(=O)(Nc1ccc(F)nc1F)c1c(F)c(F)c(F)c(F)c1OC1CC1. The van der Waals surface area contributed by atoms with E-state index in [1.54, 1.807) is 0 Å². The summed E-state index contributed by atoms with van der Waals surface area (Å²) < 4.78 is 112. The molecule has 0 amide bonds. The fourth-order valence-electron chi connectivity index (χ4n) is 1.97. The molecule has 1 N–H and O–H groups in total. The molecule has 0 unspecified atom stereocenters. The largest absolute Gasteiger partial charge is 0.486 e. The Morgan fingerprint density at radius 3 is 2.15 bits per heavy atom. The van der Waals surface area contributed by atoms with Crippen LogP contribution in [0.15, 0.2) is 17.0 Å². The monoisotopic (exact) mass is 398 g/mol. The quantitative estimate of drug-likeness (QED) is 0.363. The molecule has 12 heteroatoms. The highest BCUT2D eigenvalue weighted by Crippen LogP contribution is 2.38. The molecule has 26 heavy (non-hydrogen) atoms. The fraction of sp³-hybridized carbons (Fsp3) is 0.214. The Labute approximate surface area is 142 Å². The summed E-state index contributed by atoms with van der Waals surface area (Å²) in [6, 6.07) is 1.20. The number of nitrogens with zero attached hydrogens (tertiary/aromatic N) is 1. The average molecular weight is 398 g/mol. The number of anilines is 1. The summed E-state index contributed by atoms with van der Waals surface area (Å²) in [5.74, 6) is -13.2. The summed E-state index contributed by atoms with van der Waals surface area (Å²) in [4.78, 5) is 1.03. The van der Waals surface area contributed by atoms with Crippen LogP contribution in [0.3, 0.4) is 0 Å². The van der Waals surface area contributed by atoms with Crippen molar-refractivity contribution in [1.82, 2.24) is 4.98 Å². The van der Waals surface area contributed by atoms with E-state index in [-0.39, 0.29) is 0 Å². The summed E-state index contributed by atoms with van der Waals surface area (Å²) in [5, 5.41) is 0. The van der Waals surface area contributed by atoms with Gasteiger partial charge in [0.25, 0.3) is 10.0 Å². The molecule has 140 valence electrons. The Morgan fingerprint density at radius 2 is 1.58 bits per heavy atom. The molecule has 1 aromatic heterocycles. The molecule has 0 bridgehead atoms. The number of ether oxygens (including phenoxy) is 1. The molecule has 1 heterocycles. The van der Waals surface area contributed by atoms with E-state index >= 15 is 0 Å². The number of hydrogen-bond donors (Lipinski definition) is 1. The second-order valence-electron chi connectivity index (χ2n) is 5.31. The lowest BCUT2D eigenvalue weighted by atomic mass is 10.3. The number of rotatable bonds is 5. The molecular weight excluding hydrogens is 390 g/mol. The molecule has 0 radical (unpaired) electrons. The molecule has 1 aliphatic rings. The van der Waals surface area contributed by atoms with Gasteiger partial charge < -0.3 is 4.74 Å². The minimum Gasteiger partial charge on any atom is -0.486 e. The van der Waals surface area contributed by atoms with Crippen LogP contribution in [-0.4, -0.2) is 19.5 Å². The van der Waals surface area contributed by atoms with Crippen molar-refractivity contribution in [3.8, 4) is 5.75 Å². The molecule has 2 aromatic rings. The number of pyridine rings is 1. The maximum atomic E-state index is 14.1. The van der Waals surface area contributed by atoms with Crippen molar-refractivity contribution in [2.75, 3.05) is 4.72 Å². The molecular formula is C14H8F6N2O3S. The van der Waals surface area contributed by atoms with Crippen molar-refractivity contribution in [2.45, 2.75) is 23.8 Å². The van der Waals surface area contributed by atoms with E-state index in [1.807, 2.05) is 0 Å². The highest BCUT2D eigenvalue weighted by atomic mass is 32.2. The summed E-state index contributed by atoms with van der Waals surface area (Å²) in [6.07, 6.45) is 0.0272. The van der Waals surface area contributed by atoms with E-state index in [9.17, 15) is 34.8 Å². The van der Waals surface area contributed by atoms with Crippen LogP contribution in [0, 0.1) is 35.2 Å². The summed E-state index contributed by atoms with van der Waals surface area (Å²) in [5.41, 5.74) is -0.923. The average Bonchev–Trinajstić information content (AvgIpc) is 3.37. The zero-order valence-electron chi connectivity index (χ0n) is 12.5. The lowest BCUT2D eigenvalue weighted by Crippen LogP contribution is -2.20. The van der Waals surface area contributed by atoms with E-state index in [0.717, 1.165) is 0 Å². The summed E-state index contributed by atoms with van der Waals surface area (Å²) >= 11 is 0. The van der Waals surface area contributed by atoms with Gasteiger partial charge in [-0.25, -0.2) is 21.6 Å². The van der Waals surface area contributed by atoms with Gasteiger partial charge >= 0.3 is 0 Å². The predicted octanol–water partition coefficient (Wildman–Crippen LogP) is 3.26. The van der Waals surface area contributed by atoms with Crippen LogP contribution >= 0.6 is 0 Å². The second kappa shape index (κ2) is 6.34. The smallest absolute Gasteiger partial charge is 0.268 e. The Morgan fingerprint density at radius 1 is 0.962 bits per heavy atom. The molecule has 0 saturated heterocycles. The third-order valence-electron chi connectivity index (χ3n) is 3.32. The minimum atomic E-state index is -5.19. The highest BCUT2D eigenvalue weighted by Gasteiger charge is 2.37. The molecule has 1 fully saturated rings.